The van der Waals surface area contributed by atoms with Crippen LogP contribution in [0.25, 0.3) is 0 Å². The Morgan fingerprint density at radius 3 is 3.07 bits per heavy atom. The Balaban J connectivity index is 2.31. The Morgan fingerprint density at radius 2 is 2.43 bits per heavy atom. The fourth-order valence-electron chi connectivity index (χ4n) is 0.997. The zero-order chi connectivity index (χ0) is 10.4. The first-order chi connectivity index (χ1) is 6.70. The lowest BCUT2D eigenvalue weighted by molar-refractivity contribution is 0.308. The third kappa shape index (κ3) is 3.70. The molecule has 1 aromatic heterocycles. The molecule has 3 nitrogen and oxygen atoms in total. The molecule has 0 aliphatic heterocycles. The molecule has 14 heavy (non-hydrogen) atoms. The fraction of sp³-hybridized carbons (Fsp3) is 0.400. The van der Waals surface area contributed by atoms with Crippen molar-refractivity contribution in [1.29, 1.82) is 0 Å². The zero-order valence-corrected chi connectivity index (χ0v) is 9.23. The largest absolute Gasteiger partial charge is 0.476 e. The molecule has 0 saturated heterocycles. The lowest BCUT2D eigenvalue weighted by atomic mass is 10.3. The molecule has 0 atom stereocenters. The SMILES string of the molecule is CC(=S)NCCOc1ncccc1C. The quantitative estimate of drug-likeness (QED) is 0.606. The van der Waals surface area contributed by atoms with Gasteiger partial charge in [-0.2, -0.15) is 0 Å². The summed E-state index contributed by atoms with van der Waals surface area (Å²) in [6.07, 6.45) is 1.72. The van der Waals surface area contributed by atoms with Crippen molar-refractivity contribution in [2.75, 3.05) is 13.2 Å². The van der Waals surface area contributed by atoms with Crippen LogP contribution in [-0.2, 0) is 0 Å². The molecular weight excluding hydrogens is 196 g/mol. The molecule has 0 bridgehead atoms. The summed E-state index contributed by atoms with van der Waals surface area (Å²) in [5.74, 6) is 0.691. The van der Waals surface area contributed by atoms with Crippen molar-refractivity contribution in [1.82, 2.24) is 10.3 Å². The van der Waals surface area contributed by atoms with Gasteiger partial charge < -0.3 is 10.1 Å². The maximum absolute atomic E-state index is 5.45. The molecular formula is C10H14N2OS. The average Bonchev–Trinajstić information content (AvgIpc) is 2.15. The molecule has 76 valence electrons. The van der Waals surface area contributed by atoms with Gasteiger partial charge in [-0.15, -0.1) is 0 Å². The number of nitrogens with zero attached hydrogens (tertiary/aromatic N) is 1. The maximum Gasteiger partial charge on any atom is 0.216 e. The van der Waals surface area contributed by atoms with Gasteiger partial charge in [-0.25, -0.2) is 4.98 Å². The summed E-state index contributed by atoms with van der Waals surface area (Å²) in [6.45, 7) is 5.11. The second-order valence-corrected chi connectivity index (χ2v) is 3.57. The van der Waals surface area contributed by atoms with Gasteiger partial charge in [-0.3, -0.25) is 0 Å². The van der Waals surface area contributed by atoms with Crippen molar-refractivity contribution in [3.63, 3.8) is 0 Å². The van der Waals surface area contributed by atoms with E-state index in [-0.39, 0.29) is 0 Å². The van der Waals surface area contributed by atoms with Crippen LogP contribution in [0.4, 0.5) is 0 Å². The van der Waals surface area contributed by atoms with Crippen molar-refractivity contribution in [3.05, 3.63) is 23.9 Å². The number of thiocarbonyl (C=S) groups is 1. The van der Waals surface area contributed by atoms with Gasteiger partial charge in [0, 0.05) is 18.3 Å². The highest BCUT2D eigenvalue weighted by Crippen LogP contribution is 2.11. The minimum atomic E-state index is 0.575. The normalized spacial score (nSPS) is 9.57. The van der Waals surface area contributed by atoms with Gasteiger partial charge in [0.15, 0.2) is 0 Å². The number of ether oxygens (including phenoxy) is 1. The molecule has 0 amide bonds. The number of hydrogen-bond acceptors (Lipinski definition) is 3. The zero-order valence-electron chi connectivity index (χ0n) is 8.41. The molecule has 1 aromatic rings. The molecule has 1 heterocycles. The van der Waals surface area contributed by atoms with E-state index in [1.807, 2.05) is 26.0 Å². The van der Waals surface area contributed by atoms with Crippen molar-refractivity contribution >= 4 is 17.2 Å². The number of rotatable bonds is 4. The van der Waals surface area contributed by atoms with Crippen LogP contribution in [0.15, 0.2) is 18.3 Å². The number of aryl methyl sites for hydroxylation is 1. The van der Waals surface area contributed by atoms with Crippen LogP contribution in [0.2, 0.25) is 0 Å². The minimum absolute atomic E-state index is 0.575. The Hall–Kier alpha value is -1.16. The van der Waals surface area contributed by atoms with Gasteiger partial charge in [-0.05, 0) is 19.9 Å². The maximum atomic E-state index is 5.45. The summed E-state index contributed by atoms with van der Waals surface area (Å²) in [6, 6.07) is 3.86. The third-order valence-electron chi connectivity index (χ3n) is 1.68. The van der Waals surface area contributed by atoms with Crippen LogP contribution in [0.1, 0.15) is 12.5 Å². The molecule has 1 rings (SSSR count). The van der Waals surface area contributed by atoms with E-state index in [1.165, 1.54) is 0 Å². The van der Waals surface area contributed by atoms with Gasteiger partial charge in [-0.1, -0.05) is 18.3 Å². The van der Waals surface area contributed by atoms with Gasteiger partial charge in [0.1, 0.15) is 6.61 Å². The van der Waals surface area contributed by atoms with Crippen molar-refractivity contribution < 1.29 is 4.74 Å². The summed E-state index contributed by atoms with van der Waals surface area (Å²) in [7, 11) is 0. The van der Waals surface area contributed by atoms with Crippen LogP contribution in [0.3, 0.4) is 0 Å². The molecule has 0 fully saturated rings. The van der Waals surface area contributed by atoms with E-state index >= 15 is 0 Å². The summed E-state index contributed by atoms with van der Waals surface area (Å²) < 4.78 is 5.45. The Kier molecular flexibility index (Phi) is 4.32. The first-order valence-electron chi connectivity index (χ1n) is 4.49. The van der Waals surface area contributed by atoms with E-state index in [4.69, 9.17) is 17.0 Å². The Morgan fingerprint density at radius 1 is 1.64 bits per heavy atom. The molecule has 1 N–H and O–H groups in total. The monoisotopic (exact) mass is 210 g/mol. The van der Waals surface area contributed by atoms with Crippen LogP contribution >= 0.6 is 12.2 Å². The van der Waals surface area contributed by atoms with E-state index in [9.17, 15) is 0 Å². The molecule has 0 saturated carbocycles. The van der Waals surface area contributed by atoms with Gasteiger partial charge >= 0.3 is 0 Å². The van der Waals surface area contributed by atoms with E-state index in [0.29, 0.717) is 19.0 Å². The average molecular weight is 210 g/mol. The minimum Gasteiger partial charge on any atom is -0.476 e. The molecule has 0 aliphatic rings. The highest BCUT2D eigenvalue weighted by molar-refractivity contribution is 7.80. The Bertz CT molecular complexity index is 315. The number of aromatic nitrogens is 1. The summed E-state index contributed by atoms with van der Waals surface area (Å²) >= 11 is 4.87. The third-order valence-corrected chi connectivity index (χ3v) is 1.82. The van der Waals surface area contributed by atoms with Crippen molar-refractivity contribution in [3.8, 4) is 5.88 Å². The highest BCUT2D eigenvalue weighted by Gasteiger charge is 1.98. The number of hydrogen-bond donors (Lipinski definition) is 1. The topological polar surface area (TPSA) is 34.1 Å². The van der Waals surface area contributed by atoms with Crippen molar-refractivity contribution in [2.45, 2.75) is 13.8 Å². The summed E-state index contributed by atoms with van der Waals surface area (Å²) in [5, 5.41) is 3.01. The van der Waals surface area contributed by atoms with Crippen molar-refractivity contribution in [2.24, 2.45) is 0 Å². The molecule has 0 spiro atoms. The molecule has 4 heteroatoms. The van der Waals surface area contributed by atoms with E-state index < -0.39 is 0 Å². The lowest BCUT2D eigenvalue weighted by Crippen LogP contribution is -2.24. The van der Waals surface area contributed by atoms with Gasteiger partial charge in [0.25, 0.3) is 0 Å². The fourth-order valence-corrected chi connectivity index (χ4v) is 1.10. The Labute approximate surface area is 89.5 Å². The van der Waals surface area contributed by atoms with Crippen LogP contribution in [0, 0.1) is 6.92 Å². The van der Waals surface area contributed by atoms with Crippen LogP contribution < -0.4 is 10.1 Å². The van der Waals surface area contributed by atoms with Crippen LogP contribution in [-0.4, -0.2) is 23.1 Å². The predicted octanol–water partition coefficient (Wildman–Crippen LogP) is 1.71. The van der Waals surface area contributed by atoms with E-state index in [2.05, 4.69) is 10.3 Å². The van der Waals surface area contributed by atoms with E-state index in [1.54, 1.807) is 6.20 Å². The summed E-state index contributed by atoms with van der Waals surface area (Å²) in [5.41, 5.74) is 1.05. The predicted molar refractivity (Wildman–Crippen MR) is 60.7 cm³/mol. The van der Waals surface area contributed by atoms with E-state index in [0.717, 1.165) is 10.6 Å². The highest BCUT2D eigenvalue weighted by atomic mass is 32.1. The smallest absolute Gasteiger partial charge is 0.216 e. The lowest BCUT2D eigenvalue weighted by Gasteiger charge is -2.07. The molecule has 0 aliphatic carbocycles. The number of pyridine rings is 1. The second kappa shape index (κ2) is 5.54. The first-order valence-corrected chi connectivity index (χ1v) is 4.90. The standard InChI is InChI=1S/C10H14N2OS/c1-8-4-3-5-12-10(8)13-7-6-11-9(2)14/h3-5H,6-7H2,1-2H3,(H,11,14). The molecule has 0 aromatic carbocycles. The molecule has 0 radical (unpaired) electrons. The number of nitrogens with one attached hydrogen (secondary N) is 1. The van der Waals surface area contributed by atoms with Gasteiger partial charge in [0.05, 0.1) is 4.99 Å². The van der Waals surface area contributed by atoms with Gasteiger partial charge in [0.2, 0.25) is 5.88 Å². The first kappa shape index (κ1) is 10.9. The second-order valence-electron chi connectivity index (χ2n) is 2.96. The summed E-state index contributed by atoms with van der Waals surface area (Å²) in [4.78, 5) is 4.90. The van der Waals surface area contributed by atoms with Crippen LogP contribution in [0.5, 0.6) is 5.88 Å². The molecule has 0 unspecified atom stereocenters.